The van der Waals surface area contributed by atoms with E-state index < -0.39 is 10.2 Å². The molecule has 2 fully saturated rings. The summed E-state index contributed by atoms with van der Waals surface area (Å²) in [6, 6.07) is 7.90. The minimum absolute atomic E-state index is 0.117. The maximum absolute atomic E-state index is 13.3. The molecule has 0 radical (unpaired) electrons. The molecule has 1 amide bonds. The van der Waals surface area contributed by atoms with Crippen molar-refractivity contribution in [2.75, 3.05) is 50.7 Å². The minimum atomic E-state index is -3.39. The minimum Gasteiger partial charge on any atom is -0.311 e. The number of piperazine rings is 1. The number of benzene rings is 1. The van der Waals surface area contributed by atoms with Crippen LogP contribution in [0, 0.1) is 0 Å². The highest BCUT2D eigenvalue weighted by Crippen LogP contribution is 2.28. The number of nitrogens with zero attached hydrogens (tertiary/aromatic N) is 4. The van der Waals surface area contributed by atoms with Crippen LogP contribution in [-0.4, -0.2) is 79.7 Å². The van der Waals surface area contributed by atoms with Gasteiger partial charge in [-0.25, -0.2) is 0 Å². The quantitative estimate of drug-likeness (QED) is 0.728. The molecule has 166 valence electrons. The third-order valence-corrected chi connectivity index (χ3v) is 8.81. The molecule has 0 N–H and O–H groups in total. The summed E-state index contributed by atoms with van der Waals surface area (Å²) < 4.78 is 29.4. The average Bonchev–Trinajstić information content (AvgIpc) is 3.08. The molecule has 8 heteroatoms. The van der Waals surface area contributed by atoms with Crippen LogP contribution in [0.5, 0.6) is 0 Å². The molecular formula is C22H34N4O3S. The highest BCUT2D eigenvalue weighted by molar-refractivity contribution is 7.86. The molecule has 1 atom stereocenters. The molecule has 1 aromatic rings. The fourth-order valence-electron chi connectivity index (χ4n) is 4.90. The van der Waals surface area contributed by atoms with Gasteiger partial charge in [0.25, 0.3) is 10.2 Å². The Morgan fingerprint density at radius 3 is 2.17 bits per heavy atom. The van der Waals surface area contributed by atoms with E-state index in [0.717, 1.165) is 50.8 Å². The molecule has 0 bridgehead atoms. The van der Waals surface area contributed by atoms with Gasteiger partial charge in [0, 0.05) is 51.5 Å². The van der Waals surface area contributed by atoms with E-state index in [1.54, 1.807) is 8.61 Å². The van der Waals surface area contributed by atoms with Crippen molar-refractivity contribution in [1.82, 2.24) is 13.5 Å². The summed E-state index contributed by atoms with van der Waals surface area (Å²) in [5, 5.41) is 0. The van der Waals surface area contributed by atoms with Crippen LogP contribution in [0.2, 0.25) is 0 Å². The molecule has 1 unspecified atom stereocenters. The van der Waals surface area contributed by atoms with Gasteiger partial charge in [0.15, 0.2) is 0 Å². The maximum Gasteiger partial charge on any atom is 0.282 e. The van der Waals surface area contributed by atoms with Crippen molar-refractivity contribution in [3.8, 4) is 0 Å². The van der Waals surface area contributed by atoms with Gasteiger partial charge in [-0.1, -0.05) is 31.0 Å². The van der Waals surface area contributed by atoms with E-state index in [4.69, 9.17) is 0 Å². The summed E-state index contributed by atoms with van der Waals surface area (Å²) in [6.07, 6.45) is 6.11. The first-order valence-electron chi connectivity index (χ1n) is 11.4. The summed E-state index contributed by atoms with van der Waals surface area (Å²) in [4.78, 5) is 17.3. The summed E-state index contributed by atoms with van der Waals surface area (Å²) in [5.41, 5.74) is 2.26. The summed E-state index contributed by atoms with van der Waals surface area (Å²) in [6.45, 7) is 6.06. The van der Waals surface area contributed by atoms with Gasteiger partial charge in [-0.05, 0) is 44.2 Å². The molecule has 0 aliphatic carbocycles. The molecule has 2 saturated heterocycles. The molecule has 0 aromatic heterocycles. The molecule has 3 aliphatic heterocycles. The molecule has 30 heavy (non-hydrogen) atoms. The van der Waals surface area contributed by atoms with E-state index in [9.17, 15) is 13.2 Å². The Morgan fingerprint density at radius 2 is 1.47 bits per heavy atom. The van der Waals surface area contributed by atoms with Crippen molar-refractivity contribution in [1.29, 1.82) is 0 Å². The standard InChI is InChI=1S/C22H34N4O3S/c1-19(22(27)26-14-8-10-20-9-4-5-11-21(20)26)23-15-17-25(18-16-23)30(28,29)24-12-6-2-3-7-13-24/h4-5,9,11,19H,2-3,6-8,10,12-18H2,1H3. The fraction of sp³-hybridized carbons (Fsp3) is 0.682. The number of carbonyl (C=O) groups is 1. The molecule has 3 aliphatic rings. The Balaban J connectivity index is 1.38. The molecule has 3 heterocycles. The lowest BCUT2D eigenvalue weighted by Gasteiger charge is -2.40. The van der Waals surface area contributed by atoms with Gasteiger partial charge in [-0.2, -0.15) is 17.0 Å². The summed E-state index contributed by atoms with van der Waals surface area (Å²) in [5.74, 6) is 0.117. The van der Waals surface area contributed by atoms with Crippen molar-refractivity contribution < 1.29 is 13.2 Å². The highest BCUT2D eigenvalue weighted by Gasteiger charge is 2.36. The van der Waals surface area contributed by atoms with Crippen LogP contribution in [0.1, 0.15) is 44.6 Å². The van der Waals surface area contributed by atoms with Gasteiger partial charge in [0.1, 0.15) is 0 Å². The summed E-state index contributed by atoms with van der Waals surface area (Å²) >= 11 is 0. The van der Waals surface area contributed by atoms with Gasteiger partial charge >= 0.3 is 0 Å². The summed E-state index contributed by atoms with van der Waals surface area (Å²) in [7, 11) is -3.39. The molecule has 1 aromatic carbocycles. The molecular weight excluding hydrogens is 400 g/mol. The number of hydrogen-bond donors (Lipinski definition) is 0. The van der Waals surface area contributed by atoms with E-state index >= 15 is 0 Å². The third kappa shape index (κ3) is 4.42. The zero-order valence-corrected chi connectivity index (χ0v) is 18.8. The highest BCUT2D eigenvalue weighted by atomic mass is 32.2. The van der Waals surface area contributed by atoms with Gasteiger partial charge < -0.3 is 4.90 Å². The average molecular weight is 435 g/mol. The smallest absolute Gasteiger partial charge is 0.282 e. The Labute approximate surface area is 180 Å². The second kappa shape index (κ2) is 9.34. The van der Waals surface area contributed by atoms with Crippen molar-refractivity contribution in [2.24, 2.45) is 0 Å². The largest absolute Gasteiger partial charge is 0.311 e. The first-order chi connectivity index (χ1) is 14.5. The maximum atomic E-state index is 13.3. The SMILES string of the molecule is CC(C(=O)N1CCCc2ccccc21)N1CCN(S(=O)(=O)N2CCCCCC2)CC1. The van der Waals surface area contributed by atoms with Crippen LogP contribution in [0.4, 0.5) is 5.69 Å². The zero-order valence-electron chi connectivity index (χ0n) is 18.0. The van der Waals surface area contributed by atoms with E-state index in [-0.39, 0.29) is 11.9 Å². The number of fused-ring (bicyclic) bond motifs is 1. The van der Waals surface area contributed by atoms with Crippen molar-refractivity contribution in [3.05, 3.63) is 29.8 Å². The van der Waals surface area contributed by atoms with Crippen LogP contribution in [0.15, 0.2) is 24.3 Å². The lowest BCUT2D eigenvalue weighted by molar-refractivity contribution is -0.123. The third-order valence-electron chi connectivity index (χ3n) is 6.77. The monoisotopic (exact) mass is 434 g/mol. The topological polar surface area (TPSA) is 64.2 Å². The van der Waals surface area contributed by atoms with Crippen LogP contribution >= 0.6 is 0 Å². The van der Waals surface area contributed by atoms with Crippen molar-refractivity contribution in [2.45, 2.75) is 51.5 Å². The lowest BCUT2D eigenvalue weighted by atomic mass is 10.0. The Hall–Kier alpha value is -1.48. The van der Waals surface area contributed by atoms with Crippen LogP contribution in [-0.2, 0) is 21.4 Å². The number of carbonyl (C=O) groups excluding carboxylic acids is 1. The van der Waals surface area contributed by atoms with Gasteiger partial charge in [0.2, 0.25) is 5.91 Å². The van der Waals surface area contributed by atoms with Crippen molar-refractivity contribution in [3.63, 3.8) is 0 Å². The Bertz CT molecular complexity index is 844. The van der Waals surface area contributed by atoms with Crippen LogP contribution in [0.3, 0.4) is 0 Å². The van der Waals surface area contributed by atoms with Crippen LogP contribution in [0.25, 0.3) is 0 Å². The number of para-hydroxylation sites is 1. The Kier molecular flexibility index (Phi) is 6.77. The second-order valence-corrected chi connectivity index (χ2v) is 10.6. The van der Waals surface area contributed by atoms with Gasteiger partial charge in [-0.15, -0.1) is 0 Å². The number of aryl methyl sites for hydroxylation is 1. The zero-order chi connectivity index (χ0) is 21.1. The number of anilines is 1. The predicted octanol–water partition coefficient (Wildman–Crippen LogP) is 2.09. The van der Waals surface area contributed by atoms with E-state index in [1.807, 2.05) is 30.0 Å². The molecule has 7 nitrogen and oxygen atoms in total. The predicted molar refractivity (Wildman–Crippen MR) is 119 cm³/mol. The molecule has 0 saturated carbocycles. The van der Waals surface area contributed by atoms with Crippen LogP contribution < -0.4 is 4.90 Å². The van der Waals surface area contributed by atoms with E-state index in [1.165, 1.54) is 5.56 Å². The second-order valence-electron chi connectivity index (χ2n) is 8.65. The number of rotatable bonds is 4. The first-order valence-corrected chi connectivity index (χ1v) is 12.8. The molecule has 0 spiro atoms. The van der Waals surface area contributed by atoms with E-state index in [2.05, 4.69) is 11.0 Å². The lowest BCUT2D eigenvalue weighted by Crippen LogP contribution is -2.57. The Morgan fingerprint density at radius 1 is 0.833 bits per heavy atom. The van der Waals surface area contributed by atoms with Crippen molar-refractivity contribution >= 4 is 21.8 Å². The molecule has 4 rings (SSSR count). The number of hydrogen-bond acceptors (Lipinski definition) is 4. The first kappa shape index (κ1) is 21.7. The van der Waals surface area contributed by atoms with Gasteiger partial charge in [-0.3, -0.25) is 9.69 Å². The normalized spacial score (nSPS) is 23.6. The fourth-order valence-corrected chi connectivity index (χ4v) is 6.57. The number of amides is 1. The van der Waals surface area contributed by atoms with Gasteiger partial charge in [0.05, 0.1) is 6.04 Å². The van der Waals surface area contributed by atoms with E-state index in [0.29, 0.717) is 39.3 Å².